The van der Waals surface area contributed by atoms with Gasteiger partial charge in [0.25, 0.3) is 0 Å². The Kier molecular flexibility index (Phi) is 6.07. The van der Waals surface area contributed by atoms with E-state index in [1.807, 2.05) is 6.33 Å². The normalized spacial score (nSPS) is 20.8. The van der Waals surface area contributed by atoms with Crippen LogP contribution in [0.25, 0.3) is 11.2 Å². The van der Waals surface area contributed by atoms with Crippen LogP contribution in [-0.2, 0) is 6.54 Å². The number of nitrogens with two attached hydrogens (primary N) is 1. The van der Waals surface area contributed by atoms with E-state index < -0.39 is 0 Å². The number of fused-ring (bicyclic) bond motifs is 1. The molecule has 2 heterocycles. The molecular weight excluding hydrogens is 314 g/mol. The van der Waals surface area contributed by atoms with E-state index in [2.05, 4.69) is 34.0 Å². The van der Waals surface area contributed by atoms with Crippen LogP contribution in [0.5, 0.6) is 0 Å². The molecule has 2 aromatic heterocycles. The first-order chi connectivity index (χ1) is 12.2. The Labute approximate surface area is 149 Å². The quantitative estimate of drug-likeness (QED) is 0.636. The minimum absolute atomic E-state index is 0.346. The highest BCUT2D eigenvalue weighted by molar-refractivity contribution is 5.84. The first-order valence-electron chi connectivity index (χ1n) is 9.70. The van der Waals surface area contributed by atoms with Crippen LogP contribution in [-0.4, -0.2) is 38.1 Å². The van der Waals surface area contributed by atoms with Crippen molar-refractivity contribution in [1.82, 2.24) is 19.5 Å². The van der Waals surface area contributed by atoms with Gasteiger partial charge in [0.05, 0.1) is 6.33 Å². The summed E-state index contributed by atoms with van der Waals surface area (Å²) < 4.78 is 2.12. The average molecular weight is 345 g/mol. The van der Waals surface area contributed by atoms with Gasteiger partial charge in [0.2, 0.25) is 5.95 Å². The van der Waals surface area contributed by atoms with Crippen molar-refractivity contribution in [3.63, 3.8) is 0 Å². The molecule has 1 aliphatic carbocycles. The number of anilines is 2. The molecule has 0 unspecified atom stereocenters. The third-order valence-electron chi connectivity index (χ3n) is 4.86. The molecule has 1 saturated carbocycles. The lowest BCUT2D eigenvalue weighted by Gasteiger charge is -2.26. The zero-order chi connectivity index (χ0) is 17.6. The molecular formula is C18H31N7. The summed E-state index contributed by atoms with van der Waals surface area (Å²) in [5.74, 6) is 1.54. The summed E-state index contributed by atoms with van der Waals surface area (Å²) in [6, 6.07) is 0.752. The summed E-state index contributed by atoms with van der Waals surface area (Å²) in [5, 5.41) is 6.97. The van der Waals surface area contributed by atoms with Gasteiger partial charge in [0, 0.05) is 25.2 Å². The predicted octanol–water partition coefficient (Wildman–Crippen LogP) is 3.13. The number of nitrogens with one attached hydrogen (secondary N) is 2. The summed E-state index contributed by atoms with van der Waals surface area (Å²) >= 11 is 0. The molecule has 4 N–H and O–H groups in total. The lowest BCUT2D eigenvalue weighted by molar-refractivity contribution is 0.410. The number of nitrogens with zero attached hydrogens (tertiary/aromatic N) is 4. The number of imidazole rings is 1. The van der Waals surface area contributed by atoms with Crippen LogP contribution in [0.15, 0.2) is 6.33 Å². The third kappa shape index (κ3) is 4.39. The van der Waals surface area contributed by atoms with Crippen LogP contribution in [0, 0.1) is 0 Å². The van der Waals surface area contributed by atoms with Crippen LogP contribution < -0.4 is 16.4 Å². The molecule has 2 aromatic rings. The number of aryl methyl sites for hydroxylation is 1. The van der Waals surface area contributed by atoms with Crippen molar-refractivity contribution in [1.29, 1.82) is 0 Å². The second-order valence-corrected chi connectivity index (χ2v) is 7.04. The van der Waals surface area contributed by atoms with Crippen molar-refractivity contribution >= 4 is 22.9 Å². The molecule has 0 amide bonds. The Morgan fingerprint density at radius 2 is 1.96 bits per heavy atom. The van der Waals surface area contributed by atoms with E-state index in [4.69, 9.17) is 15.7 Å². The topological polar surface area (TPSA) is 93.7 Å². The van der Waals surface area contributed by atoms with Gasteiger partial charge in [-0.2, -0.15) is 9.97 Å². The molecule has 1 fully saturated rings. The minimum Gasteiger partial charge on any atom is -0.368 e. The second kappa shape index (κ2) is 8.47. The molecule has 0 radical (unpaired) electrons. The van der Waals surface area contributed by atoms with Gasteiger partial charge in [-0.15, -0.1) is 0 Å². The molecule has 7 heteroatoms. The maximum atomic E-state index is 6.02. The lowest BCUT2D eigenvalue weighted by Crippen LogP contribution is -2.33. The van der Waals surface area contributed by atoms with Gasteiger partial charge in [-0.25, -0.2) is 4.98 Å². The molecule has 7 nitrogen and oxygen atoms in total. The molecule has 25 heavy (non-hydrogen) atoms. The van der Waals surface area contributed by atoms with Crippen LogP contribution in [0.1, 0.15) is 58.8 Å². The summed E-state index contributed by atoms with van der Waals surface area (Å²) in [6.45, 7) is 6.17. The Morgan fingerprint density at radius 3 is 2.68 bits per heavy atom. The summed E-state index contributed by atoms with van der Waals surface area (Å²) in [4.78, 5) is 14.0. The van der Waals surface area contributed by atoms with Crippen LogP contribution >= 0.6 is 0 Å². The van der Waals surface area contributed by atoms with Gasteiger partial charge in [0.15, 0.2) is 17.0 Å². The molecule has 0 atom stereocenters. The van der Waals surface area contributed by atoms with Crippen LogP contribution in [0.3, 0.4) is 0 Å². The van der Waals surface area contributed by atoms with E-state index in [-0.39, 0.29) is 0 Å². The first-order valence-corrected chi connectivity index (χ1v) is 9.70. The largest absolute Gasteiger partial charge is 0.368 e. The van der Waals surface area contributed by atoms with Gasteiger partial charge in [-0.1, -0.05) is 20.3 Å². The van der Waals surface area contributed by atoms with Gasteiger partial charge in [-0.3, -0.25) is 0 Å². The van der Waals surface area contributed by atoms with E-state index in [9.17, 15) is 0 Å². The standard InChI is InChI=1S/C18H31N7/c1-3-5-10-20-16-15-17(25(11-4-2)12-21-15)24-18(23-16)22-14-8-6-13(19)7-9-14/h12-14H,3-11,19H2,1-2H3,(H2,20,22,23,24). The molecule has 3 rings (SSSR count). The van der Waals surface area contributed by atoms with Crippen molar-refractivity contribution in [2.24, 2.45) is 5.73 Å². The minimum atomic E-state index is 0.346. The van der Waals surface area contributed by atoms with Crippen LogP contribution in [0.2, 0.25) is 0 Å². The first kappa shape index (κ1) is 17.9. The number of hydrogen-bond acceptors (Lipinski definition) is 6. The average Bonchev–Trinajstić information content (AvgIpc) is 3.01. The van der Waals surface area contributed by atoms with Crippen molar-refractivity contribution in [2.75, 3.05) is 17.2 Å². The van der Waals surface area contributed by atoms with E-state index in [0.717, 1.165) is 75.0 Å². The molecule has 138 valence electrons. The highest BCUT2D eigenvalue weighted by atomic mass is 15.2. The molecule has 0 saturated heterocycles. The molecule has 0 spiro atoms. The molecule has 1 aliphatic rings. The van der Waals surface area contributed by atoms with E-state index in [1.54, 1.807) is 0 Å². The Morgan fingerprint density at radius 1 is 1.16 bits per heavy atom. The third-order valence-corrected chi connectivity index (χ3v) is 4.86. The van der Waals surface area contributed by atoms with E-state index >= 15 is 0 Å². The number of hydrogen-bond donors (Lipinski definition) is 3. The zero-order valence-corrected chi connectivity index (χ0v) is 15.5. The Hall–Kier alpha value is -1.89. The SMILES string of the molecule is CCCCNc1nc(NC2CCC(N)CC2)nc2c1ncn2CCC. The van der Waals surface area contributed by atoms with Crippen LogP contribution in [0.4, 0.5) is 11.8 Å². The number of unbranched alkanes of at least 4 members (excludes halogenated alkanes) is 1. The van der Waals surface area contributed by atoms with Crippen molar-refractivity contribution in [3.05, 3.63) is 6.33 Å². The van der Waals surface area contributed by atoms with E-state index in [0.29, 0.717) is 18.0 Å². The van der Waals surface area contributed by atoms with E-state index in [1.165, 1.54) is 0 Å². The summed E-state index contributed by atoms with van der Waals surface area (Å²) in [7, 11) is 0. The maximum Gasteiger partial charge on any atom is 0.227 e. The Bertz CT molecular complexity index is 673. The van der Waals surface area contributed by atoms with Gasteiger partial charge in [0.1, 0.15) is 0 Å². The van der Waals surface area contributed by atoms with Crippen molar-refractivity contribution in [2.45, 2.75) is 77.4 Å². The lowest BCUT2D eigenvalue weighted by atomic mass is 9.92. The van der Waals surface area contributed by atoms with Crippen molar-refractivity contribution in [3.8, 4) is 0 Å². The summed E-state index contributed by atoms with van der Waals surface area (Å²) in [6.07, 6.45) is 9.48. The number of aromatic nitrogens is 4. The van der Waals surface area contributed by atoms with Gasteiger partial charge < -0.3 is 20.9 Å². The fourth-order valence-electron chi connectivity index (χ4n) is 3.37. The Balaban J connectivity index is 1.84. The highest BCUT2D eigenvalue weighted by Crippen LogP contribution is 2.24. The zero-order valence-electron chi connectivity index (χ0n) is 15.5. The molecule has 0 bridgehead atoms. The molecule has 0 aliphatic heterocycles. The van der Waals surface area contributed by atoms with Gasteiger partial charge >= 0.3 is 0 Å². The maximum absolute atomic E-state index is 6.02. The van der Waals surface area contributed by atoms with Crippen molar-refractivity contribution < 1.29 is 0 Å². The smallest absolute Gasteiger partial charge is 0.227 e. The van der Waals surface area contributed by atoms with Gasteiger partial charge in [-0.05, 0) is 38.5 Å². The fraction of sp³-hybridized carbons (Fsp3) is 0.722. The fourth-order valence-corrected chi connectivity index (χ4v) is 3.37. The number of rotatable bonds is 8. The molecule has 0 aromatic carbocycles. The second-order valence-electron chi connectivity index (χ2n) is 7.04. The summed E-state index contributed by atoms with van der Waals surface area (Å²) in [5.41, 5.74) is 7.79. The monoisotopic (exact) mass is 345 g/mol. The highest BCUT2D eigenvalue weighted by Gasteiger charge is 2.20. The predicted molar refractivity (Wildman–Crippen MR) is 103 cm³/mol.